The van der Waals surface area contributed by atoms with Gasteiger partial charge in [-0.1, -0.05) is 42.5 Å². The van der Waals surface area contributed by atoms with Crippen LogP contribution in [0.3, 0.4) is 0 Å². The van der Waals surface area contributed by atoms with E-state index in [2.05, 4.69) is 5.32 Å². The van der Waals surface area contributed by atoms with Gasteiger partial charge in [0, 0.05) is 17.7 Å². The van der Waals surface area contributed by atoms with Crippen molar-refractivity contribution in [3.05, 3.63) is 102 Å². The van der Waals surface area contributed by atoms with Gasteiger partial charge in [0.2, 0.25) is 5.91 Å². The molecule has 0 spiro atoms. The van der Waals surface area contributed by atoms with Gasteiger partial charge in [0.05, 0.1) is 19.6 Å². The average Bonchev–Trinajstić information content (AvgIpc) is 3.13. The third-order valence-corrected chi connectivity index (χ3v) is 6.14. The predicted molar refractivity (Wildman–Crippen MR) is 129 cm³/mol. The van der Waals surface area contributed by atoms with Gasteiger partial charge in [0.25, 0.3) is 0 Å². The zero-order valence-corrected chi connectivity index (χ0v) is 18.8. The zero-order chi connectivity index (χ0) is 23.3. The maximum atomic E-state index is 13.2. The Kier molecular flexibility index (Phi) is 6.59. The highest BCUT2D eigenvalue weighted by Crippen LogP contribution is 2.43. The van der Waals surface area contributed by atoms with E-state index in [4.69, 9.17) is 9.47 Å². The van der Waals surface area contributed by atoms with Crippen LogP contribution in [-0.4, -0.2) is 25.9 Å². The first-order valence-corrected chi connectivity index (χ1v) is 10.9. The van der Waals surface area contributed by atoms with Crippen molar-refractivity contribution >= 4 is 17.4 Å². The molecule has 0 fully saturated rings. The van der Waals surface area contributed by atoms with Crippen LogP contribution in [0.5, 0.6) is 11.5 Å². The van der Waals surface area contributed by atoms with E-state index in [1.54, 1.807) is 38.5 Å². The number of ether oxygens (including phenoxy) is 2. The first-order chi connectivity index (χ1) is 16.1. The summed E-state index contributed by atoms with van der Waals surface area (Å²) in [7, 11) is 3.23. The minimum absolute atomic E-state index is 0.0225. The topological polar surface area (TPSA) is 64.6 Å². The Bertz CT molecular complexity index is 1170. The minimum Gasteiger partial charge on any atom is -0.497 e. The van der Waals surface area contributed by atoms with Gasteiger partial charge in [-0.3, -0.25) is 9.59 Å². The second-order valence-corrected chi connectivity index (χ2v) is 8.14. The van der Waals surface area contributed by atoms with Gasteiger partial charge in [0.15, 0.2) is 5.78 Å². The summed E-state index contributed by atoms with van der Waals surface area (Å²) >= 11 is 0. The van der Waals surface area contributed by atoms with Gasteiger partial charge < -0.3 is 14.8 Å². The van der Waals surface area contributed by atoms with Crippen molar-refractivity contribution in [2.24, 2.45) is 0 Å². The summed E-state index contributed by atoms with van der Waals surface area (Å²) in [4.78, 5) is 25.8. The van der Waals surface area contributed by atoms with Crippen molar-refractivity contribution in [3.63, 3.8) is 0 Å². The fraction of sp³-hybridized carbons (Fsp3) is 0.214. The largest absolute Gasteiger partial charge is 0.497 e. The Hall–Kier alpha value is -3.86. The van der Waals surface area contributed by atoms with E-state index in [1.165, 1.54) is 0 Å². The molecule has 0 unspecified atom stereocenters. The summed E-state index contributed by atoms with van der Waals surface area (Å²) < 4.78 is 10.4. The first-order valence-electron chi connectivity index (χ1n) is 10.9. The lowest BCUT2D eigenvalue weighted by Gasteiger charge is -2.26. The molecule has 4 rings (SSSR count). The Morgan fingerprint density at radius 1 is 0.879 bits per heavy atom. The Morgan fingerprint density at radius 2 is 1.52 bits per heavy atom. The number of anilines is 1. The van der Waals surface area contributed by atoms with E-state index in [9.17, 15) is 9.59 Å². The summed E-state index contributed by atoms with van der Waals surface area (Å²) in [5.41, 5.74) is 2.78. The molecular weight excluding hydrogens is 414 g/mol. The minimum atomic E-state index is -0.731. The van der Waals surface area contributed by atoms with Crippen LogP contribution in [0.25, 0.3) is 0 Å². The standard InChI is InChI=1S/C28H27NO4/c1-32-22-14-10-20(11-15-22)19-28(24-7-3-4-8-25(24)29-27(28)31)18-6-5-9-26(30)21-12-16-23(33-2)17-13-21/h3-8,10-17H,9,18-19H2,1-2H3,(H,29,31)/b6-5-/t28-/m1/s1. The number of allylic oxidation sites excluding steroid dienone is 2. The summed E-state index contributed by atoms with van der Waals surface area (Å²) in [5, 5.41) is 3.04. The summed E-state index contributed by atoms with van der Waals surface area (Å²) in [5.74, 6) is 1.49. The maximum Gasteiger partial charge on any atom is 0.235 e. The van der Waals surface area contributed by atoms with E-state index in [0.29, 0.717) is 24.2 Å². The number of hydrogen-bond donors (Lipinski definition) is 1. The molecule has 0 aliphatic carbocycles. The van der Waals surface area contributed by atoms with E-state index in [-0.39, 0.29) is 18.1 Å². The number of rotatable bonds is 9. The molecule has 168 valence electrons. The molecular formula is C28H27NO4. The van der Waals surface area contributed by atoms with Crippen molar-refractivity contribution in [2.75, 3.05) is 19.5 Å². The Labute approximate surface area is 194 Å². The van der Waals surface area contributed by atoms with Gasteiger partial charge in [-0.05, 0) is 66.4 Å². The highest BCUT2D eigenvalue weighted by molar-refractivity contribution is 6.06. The number of para-hydroxylation sites is 1. The third kappa shape index (κ3) is 4.67. The van der Waals surface area contributed by atoms with Crippen LogP contribution >= 0.6 is 0 Å². The predicted octanol–water partition coefficient (Wildman–Crippen LogP) is 5.36. The smallest absolute Gasteiger partial charge is 0.235 e. The number of methoxy groups -OCH3 is 2. The number of benzene rings is 3. The van der Waals surface area contributed by atoms with E-state index in [1.807, 2.05) is 60.7 Å². The molecule has 1 N–H and O–H groups in total. The highest BCUT2D eigenvalue weighted by Gasteiger charge is 2.45. The van der Waals surface area contributed by atoms with Crippen molar-refractivity contribution in [3.8, 4) is 11.5 Å². The monoisotopic (exact) mass is 441 g/mol. The summed E-state index contributed by atoms with van der Waals surface area (Å²) in [6, 6.07) is 22.7. The number of nitrogens with one attached hydrogen (secondary N) is 1. The first kappa shape index (κ1) is 22.3. The van der Waals surface area contributed by atoms with E-state index >= 15 is 0 Å². The molecule has 0 aromatic heterocycles. The Morgan fingerprint density at radius 3 is 2.18 bits per heavy atom. The van der Waals surface area contributed by atoms with Crippen LogP contribution in [0.2, 0.25) is 0 Å². The molecule has 1 heterocycles. The number of ketones is 1. The van der Waals surface area contributed by atoms with Crippen molar-refractivity contribution < 1.29 is 19.1 Å². The second kappa shape index (κ2) is 9.74. The lowest BCUT2D eigenvalue weighted by Crippen LogP contribution is -2.36. The number of carbonyl (C=O) groups is 2. The van der Waals surface area contributed by atoms with Crippen LogP contribution in [0, 0.1) is 0 Å². The number of Topliss-reactive ketones (excluding diaryl/α,β-unsaturated/α-hetero) is 1. The second-order valence-electron chi connectivity index (χ2n) is 8.14. The molecule has 1 atom stereocenters. The molecule has 1 aliphatic rings. The molecule has 1 amide bonds. The fourth-order valence-electron chi connectivity index (χ4n) is 4.29. The van der Waals surface area contributed by atoms with Crippen LogP contribution in [0.1, 0.15) is 34.3 Å². The highest BCUT2D eigenvalue weighted by atomic mass is 16.5. The Balaban J connectivity index is 1.54. The van der Waals surface area contributed by atoms with Gasteiger partial charge >= 0.3 is 0 Å². The lowest BCUT2D eigenvalue weighted by atomic mass is 9.74. The molecule has 0 bridgehead atoms. The molecule has 0 radical (unpaired) electrons. The molecule has 0 saturated heterocycles. The third-order valence-electron chi connectivity index (χ3n) is 6.14. The van der Waals surface area contributed by atoms with Crippen molar-refractivity contribution in [1.29, 1.82) is 0 Å². The molecule has 5 heteroatoms. The van der Waals surface area contributed by atoms with E-state index in [0.717, 1.165) is 22.6 Å². The molecule has 3 aromatic rings. The zero-order valence-electron chi connectivity index (χ0n) is 18.8. The van der Waals surface area contributed by atoms with Gasteiger partial charge in [-0.25, -0.2) is 0 Å². The fourth-order valence-corrected chi connectivity index (χ4v) is 4.29. The maximum absolute atomic E-state index is 13.2. The van der Waals surface area contributed by atoms with Gasteiger partial charge in [-0.15, -0.1) is 0 Å². The number of fused-ring (bicyclic) bond motifs is 1. The number of amides is 1. The lowest BCUT2D eigenvalue weighted by molar-refractivity contribution is -0.120. The van der Waals surface area contributed by atoms with Crippen LogP contribution in [0.4, 0.5) is 5.69 Å². The van der Waals surface area contributed by atoms with Gasteiger partial charge in [-0.2, -0.15) is 0 Å². The van der Waals surface area contributed by atoms with Crippen LogP contribution in [-0.2, 0) is 16.6 Å². The quantitative estimate of drug-likeness (QED) is 0.359. The van der Waals surface area contributed by atoms with Crippen LogP contribution in [0.15, 0.2) is 84.9 Å². The summed E-state index contributed by atoms with van der Waals surface area (Å²) in [6.07, 6.45) is 5.13. The summed E-state index contributed by atoms with van der Waals surface area (Å²) in [6.45, 7) is 0. The van der Waals surface area contributed by atoms with Crippen molar-refractivity contribution in [2.45, 2.75) is 24.7 Å². The molecule has 1 aliphatic heterocycles. The molecule has 33 heavy (non-hydrogen) atoms. The number of carbonyl (C=O) groups excluding carboxylic acids is 2. The van der Waals surface area contributed by atoms with Gasteiger partial charge in [0.1, 0.15) is 11.5 Å². The van der Waals surface area contributed by atoms with Crippen LogP contribution < -0.4 is 14.8 Å². The molecule has 5 nitrogen and oxygen atoms in total. The van der Waals surface area contributed by atoms with E-state index < -0.39 is 5.41 Å². The SMILES string of the molecule is COc1ccc(C[C@@]2(C/C=C\CC(=O)c3ccc(OC)cc3)C(=O)Nc3ccccc32)cc1. The number of hydrogen-bond acceptors (Lipinski definition) is 4. The van der Waals surface area contributed by atoms with Crippen molar-refractivity contribution in [1.82, 2.24) is 0 Å². The average molecular weight is 442 g/mol. The normalized spacial score (nSPS) is 17.0. The molecule has 3 aromatic carbocycles. The molecule has 0 saturated carbocycles.